The molecule has 0 aliphatic carbocycles. The van der Waals surface area contributed by atoms with Crippen molar-refractivity contribution in [2.24, 2.45) is 7.05 Å². The molecule has 0 bridgehead atoms. The minimum Gasteiger partial charge on any atom is -0.495 e. The summed E-state index contributed by atoms with van der Waals surface area (Å²) in [6.45, 7) is 1.85. The van der Waals surface area contributed by atoms with E-state index in [9.17, 15) is 0 Å². The third-order valence-corrected chi connectivity index (χ3v) is 3.58. The number of fused-ring (bicyclic) bond motifs is 1. The second-order valence-corrected chi connectivity index (χ2v) is 5.03. The zero-order valence-corrected chi connectivity index (χ0v) is 12.3. The Balaban J connectivity index is 2.35. The summed E-state index contributed by atoms with van der Waals surface area (Å²) in [6.07, 6.45) is 3.65. The summed E-state index contributed by atoms with van der Waals surface area (Å²) in [4.78, 5) is 8.58. The van der Waals surface area contributed by atoms with Crippen molar-refractivity contribution in [1.29, 1.82) is 0 Å². The first-order chi connectivity index (χ1) is 9.61. The van der Waals surface area contributed by atoms with E-state index in [1.807, 2.05) is 42.9 Å². The molecule has 0 saturated carbocycles. The molecule has 0 unspecified atom stereocenters. The van der Waals surface area contributed by atoms with Gasteiger partial charge in [0, 0.05) is 30.4 Å². The Morgan fingerprint density at radius 1 is 1.30 bits per heavy atom. The molecule has 0 spiro atoms. The van der Waals surface area contributed by atoms with E-state index in [0.717, 1.165) is 27.9 Å². The molecule has 20 heavy (non-hydrogen) atoms. The summed E-state index contributed by atoms with van der Waals surface area (Å²) in [5.74, 6) is 1.53. The van der Waals surface area contributed by atoms with Gasteiger partial charge in [-0.15, -0.1) is 0 Å². The highest BCUT2D eigenvalue weighted by molar-refractivity contribution is 6.33. The number of aryl methyl sites for hydroxylation is 2. The summed E-state index contributed by atoms with van der Waals surface area (Å²) >= 11 is 6.25. The molecule has 0 aliphatic heterocycles. The van der Waals surface area contributed by atoms with Gasteiger partial charge in [0.25, 0.3) is 0 Å². The van der Waals surface area contributed by atoms with Crippen molar-refractivity contribution >= 4 is 22.5 Å². The molecule has 3 rings (SSSR count). The Kier molecular flexibility index (Phi) is 3.10. The highest BCUT2D eigenvalue weighted by Crippen LogP contribution is 2.36. The molecule has 0 radical (unpaired) electrons. The Morgan fingerprint density at radius 3 is 2.85 bits per heavy atom. The Hall–Kier alpha value is -2.07. The van der Waals surface area contributed by atoms with Crippen LogP contribution in [0.25, 0.3) is 22.2 Å². The van der Waals surface area contributed by atoms with Gasteiger partial charge in [0.1, 0.15) is 11.6 Å². The van der Waals surface area contributed by atoms with Crippen LogP contribution < -0.4 is 4.74 Å². The van der Waals surface area contributed by atoms with Gasteiger partial charge in [0.05, 0.1) is 23.3 Å². The average molecular weight is 288 g/mol. The summed E-state index contributed by atoms with van der Waals surface area (Å²) in [5, 5.41) is 1.61. The van der Waals surface area contributed by atoms with Crippen LogP contribution in [0, 0.1) is 6.92 Å². The van der Waals surface area contributed by atoms with E-state index in [1.54, 1.807) is 13.3 Å². The van der Waals surface area contributed by atoms with Crippen molar-refractivity contribution < 1.29 is 4.74 Å². The molecule has 0 saturated heterocycles. The lowest BCUT2D eigenvalue weighted by molar-refractivity contribution is 0.418. The van der Waals surface area contributed by atoms with Gasteiger partial charge in [0.15, 0.2) is 0 Å². The maximum atomic E-state index is 6.25. The average Bonchev–Trinajstić information content (AvgIpc) is 2.79. The molecular formula is C15H14ClN3O. The monoisotopic (exact) mass is 287 g/mol. The minimum atomic E-state index is 0.547. The fourth-order valence-corrected chi connectivity index (χ4v) is 2.62. The molecule has 0 atom stereocenters. The first-order valence-electron chi connectivity index (χ1n) is 6.23. The molecular weight excluding hydrogens is 274 g/mol. The Labute approximate surface area is 122 Å². The van der Waals surface area contributed by atoms with E-state index in [2.05, 4.69) is 9.97 Å². The molecule has 1 aromatic carbocycles. The predicted molar refractivity (Wildman–Crippen MR) is 80.2 cm³/mol. The Bertz CT molecular complexity index is 795. The van der Waals surface area contributed by atoms with Gasteiger partial charge >= 0.3 is 0 Å². The topological polar surface area (TPSA) is 39.9 Å². The van der Waals surface area contributed by atoms with Crippen molar-refractivity contribution in [1.82, 2.24) is 14.5 Å². The number of ether oxygens (including phenoxy) is 1. The lowest BCUT2D eigenvalue weighted by Crippen LogP contribution is -1.91. The zero-order valence-electron chi connectivity index (χ0n) is 11.5. The summed E-state index contributed by atoms with van der Waals surface area (Å²) < 4.78 is 7.45. The fraction of sp³-hybridized carbons (Fsp3) is 0.200. The van der Waals surface area contributed by atoms with E-state index in [-0.39, 0.29) is 0 Å². The van der Waals surface area contributed by atoms with Crippen molar-refractivity contribution in [3.8, 4) is 17.0 Å². The van der Waals surface area contributed by atoms with Crippen LogP contribution in [0.5, 0.6) is 5.75 Å². The molecule has 5 heteroatoms. The number of hydrogen-bond acceptors (Lipinski definition) is 3. The first kappa shape index (κ1) is 12.9. The number of hydrogen-bond donors (Lipinski definition) is 0. The van der Waals surface area contributed by atoms with E-state index in [1.165, 1.54) is 0 Å². The SMILES string of the molecule is COc1cccc2c(-c3nc(C)ncc3Cl)cn(C)c12. The van der Waals surface area contributed by atoms with Crippen molar-refractivity contribution in [3.63, 3.8) is 0 Å². The maximum absolute atomic E-state index is 6.25. The number of benzene rings is 1. The van der Waals surface area contributed by atoms with Crippen LogP contribution in [0.15, 0.2) is 30.6 Å². The number of aromatic nitrogens is 3. The molecule has 0 N–H and O–H groups in total. The van der Waals surface area contributed by atoms with E-state index in [4.69, 9.17) is 16.3 Å². The minimum absolute atomic E-state index is 0.547. The van der Waals surface area contributed by atoms with Crippen molar-refractivity contribution in [2.75, 3.05) is 7.11 Å². The number of methoxy groups -OCH3 is 1. The van der Waals surface area contributed by atoms with Gasteiger partial charge in [-0.25, -0.2) is 9.97 Å². The normalized spacial score (nSPS) is 11.0. The van der Waals surface area contributed by atoms with Crippen LogP contribution in [0.3, 0.4) is 0 Å². The standard InChI is InChI=1S/C15H14ClN3O/c1-9-17-7-12(16)14(18-9)11-8-19(2)15-10(11)5-4-6-13(15)20-3/h4-8H,1-3H3. The number of para-hydroxylation sites is 1. The van der Waals surface area contributed by atoms with Crippen LogP contribution in [0.2, 0.25) is 5.02 Å². The molecule has 102 valence electrons. The van der Waals surface area contributed by atoms with Gasteiger partial charge < -0.3 is 9.30 Å². The fourth-order valence-electron chi connectivity index (χ4n) is 2.43. The zero-order chi connectivity index (χ0) is 14.3. The largest absolute Gasteiger partial charge is 0.495 e. The highest BCUT2D eigenvalue weighted by atomic mass is 35.5. The smallest absolute Gasteiger partial charge is 0.143 e. The van der Waals surface area contributed by atoms with Crippen LogP contribution in [0.1, 0.15) is 5.82 Å². The third-order valence-electron chi connectivity index (χ3n) is 3.30. The van der Waals surface area contributed by atoms with E-state index < -0.39 is 0 Å². The van der Waals surface area contributed by atoms with Gasteiger partial charge in [-0.05, 0) is 13.0 Å². The van der Waals surface area contributed by atoms with E-state index >= 15 is 0 Å². The molecule has 0 fully saturated rings. The molecule has 3 aromatic rings. The quantitative estimate of drug-likeness (QED) is 0.723. The molecule has 4 nitrogen and oxygen atoms in total. The molecule has 0 amide bonds. The number of nitrogens with zero attached hydrogens (tertiary/aromatic N) is 3. The Morgan fingerprint density at radius 2 is 2.10 bits per heavy atom. The molecule has 2 heterocycles. The van der Waals surface area contributed by atoms with E-state index in [0.29, 0.717) is 10.8 Å². The maximum Gasteiger partial charge on any atom is 0.143 e. The van der Waals surface area contributed by atoms with Crippen molar-refractivity contribution in [3.05, 3.63) is 41.4 Å². The number of rotatable bonds is 2. The molecule has 2 aromatic heterocycles. The van der Waals surface area contributed by atoms with Gasteiger partial charge in [-0.3, -0.25) is 0 Å². The third kappa shape index (κ3) is 1.93. The van der Waals surface area contributed by atoms with Gasteiger partial charge in [-0.2, -0.15) is 0 Å². The first-order valence-corrected chi connectivity index (χ1v) is 6.61. The van der Waals surface area contributed by atoms with Crippen LogP contribution >= 0.6 is 11.6 Å². The molecule has 0 aliphatic rings. The van der Waals surface area contributed by atoms with Crippen LogP contribution in [0.4, 0.5) is 0 Å². The van der Waals surface area contributed by atoms with Gasteiger partial charge in [-0.1, -0.05) is 23.7 Å². The summed E-state index contributed by atoms with van der Waals surface area (Å²) in [6, 6.07) is 5.95. The second-order valence-electron chi connectivity index (χ2n) is 4.62. The second kappa shape index (κ2) is 4.80. The predicted octanol–water partition coefficient (Wildman–Crippen LogP) is 3.61. The summed E-state index contributed by atoms with van der Waals surface area (Å²) in [5.41, 5.74) is 2.76. The van der Waals surface area contributed by atoms with Crippen LogP contribution in [-0.4, -0.2) is 21.6 Å². The highest BCUT2D eigenvalue weighted by Gasteiger charge is 2.15. The van der Waals surface area contributed by atoms with Crippen molar-refractivity contribution in [2.45, 2.75) is 6.92 Å². The van der Waals surface area contributed by atoms with Crippen LogP contribution in [-0.2, 0) is 7.05 Å². The lowest BCUT2D eigenvalue weighted by Gasteiger charge is -2.05. The summed E-state index contributed by atoms with van der Waals surface area (Å²) in [7, 11) is 3.65. The lowest BCUT2D eigenvalue weighted by atomic mass is 10.1. The van der Waals surface area contributed by atoms with Gasteiger partial charge in [0.2, 0.25) is 0 Å². The number of halogens is 1.